The van der Waals surface area contributed by atoms with Gasteiger partial charge in [0, 0.05) is 19.1 Å². The highest BCUT2D eigenvalue weighted by molar-refractivity contribution is 7.89. The largest absolute Gasteiger partial charge is 0.324 e. The molecule has 6 nitrogen and oxygen atoms in total. The van der Waals surface area contributed by atoms with Gasteiger partial charge in [0.1, 0.15) is 5.15 Å². The lowest BCUT2D eigenvalue weighted by Crippen LogP contribution is -2.54. The number of sulfonamides is 1. The van der Waals surface area contributed by atoms with E-state index >= 15 is 0 Å². The van der Waals surface area contributed by atoms with Gasteiger partial charge in [0.25, 0.3) is 10.0 Å². The first-order valence-electron chi connectivity index (χ1n) is 6.30. The van der Waals surface area contributed by atoms with E-state index in [1.165, 1.54) is 10.9 Å². The van der Waals surface area contributed by atoms with E-state index in [1.807, 2.05) is 13.8 Å². The number of aromatic nitrogens is 2. The Morgan fingerprint density at radius 3 is 2.42 bits per heavy atom. The first kappa shape index (κ1) is 14.8. The Labute approximate surface area is 118 Å². The van der Waals surface area contributed by atoms with Gasteiger partial charge in [-0.1, -0.05) is 18.0 Å². The van der Waals surface area contributed by atoms with Crippen LogP contribution in [0.25, 0.3) is 0 Å². The fourth-order valence-electron chi connectivity index (χ4n) is 2.36. The lowest BCUT2D eigenvalue weighted by atomic mass is 10.0. The van der Waals surface area contributed by atoms with Crippen molar-refractivity contribution in [3.05, 3.63) is 11.5 Å². The second-order valence-electron chi connectivity index (χ2n) is 5.08. The van der Waals surface area contributed by atoms with Crippen molar-refractivity contribution >= 4 is 21.6 Å². The van der Waals surface area contributed by atoms with E-state index in [4.69, 9.17) is 11.6 Å². The predicted molar refractivity (Wildman–Crippen MR) is 73.2 cm³/mol. The summed E-state index contributed by atoms with van der Waals surface area (Å²) in [6.07, 6.45) is 4.45. The molecule has 0 aliphatic carbocycles. The molecule has 2 atom stereocenters. The second kappa shape index (κ2) is 5.40. The predicted octanol–water partition coefficient (Wildman–Crippen LogP) is 1.53. The van der Waals surface area contributed by atoms with Crippen LogP contribution in [0.4, 0.5) is 0 Å². The second-order valence-corrected chi connectivity index (χ2v) is 7.02. The molecule has 8 heteroatoms. The highest BCUT2D eigenvalue weighted by Gasteiger charge is 2.31. The maximum absolute atomic E-state index is 12.3. The molecule has 2 rings (SSSR count). The molecule has 1 N–H and O–H groups in total. The molecule has 1 saturated heterocycles. The van der Waals surface area contributed by atoms with E-state index in [9.17, 15) is 8.42 Å². The van der Waals surface area contributed by atoms with Crippen molar-refractivity contribution in [1.29, 1.82) is 0 Å². The van der Waals surface area contributed by atoms with Crippen molar-refractivity contribution in [2.45, 2.75) is 50.2 Å². The number of halogens is 1. The number of imidazole rings is 1. The fourth-order valence-corrected chi connectivity index (χ4v) is 4.03. The Hall–Kier alpha value is -0.630. The molecule has 19 heavy (non-hydrogen) atoms. The van der Waals surface area contributed by atoms with Crippen molar-refractivity contribution in [3.63, 3.8) is 0 Å². The van der Waals surface area contributed by atoms with E-state index in [0.29, 0.717) is 0 Å². The van der Waals surface area contributed by atoms with Crippen LogP contribution in [0, 0.1) is 0 Å². The highest BCUT2D eigenvalue weighted by atomic mass is 35.5. The van der Waals surface area contributed by atoms with Gasteiger partial charge in [-0.05, 0) is 26.7 Å². The lowest BCUT2D eigenvalue weighted by molar-refractivity contribution is 0.0789. The van der Waals surface area contributed by atoms with Gasteiger partial charge in [-0.3, -0.25) is 0 Å². The average molecular weight is 307 g/mol. The van der Waals surface area contributed by atoms with Gasteiger partial charge in [0.05, 0.1) is 6.33 Å². The number of aryl methyl sites for hydroxylation is 1. The summed E-state index contributed by atoms with van der Waals surface area (Å²) >= 11 is 5.95. The molecule has 1 aromatic rings. The van der Waals surface area contributed by atoms with Crippen LogP contribution in [0.1, 0.15) is 33.1 Å². The van der Waals surface area contributed by atoms with Crippen molar-refractivity contribution in [2.75, 3.05) is 0 Å². The summed E-state index contributed by atoms with van der Waals surface area (Å²) in [6.45, 7) is 4.02. The van der Waals surface area contributed by atoms with Gasteiger partial charge in [0.2, 0.25) is 5.03 Å². The molecule has 108 valence electrons. The molecule has 0 saturated carbocycles. The minimum atomic E-state index is -3.72. The van der Waals surface area contributed by atoms with Crippen LogP contribution >= 0.6 is 11.6 Å². The SMILES string of the molecule is CC1CCCC(C)N1NS(=O)(=O)c1ncn(C)c1Cl. The number of hydrogen-bond acceptors (Lipinski definition) is 4. The fraction of sp³-hybridized carbons (Fsp3) is 0.727. The average Bonchev–Trinajstić information content (AvgIpc) is 2.66. The molecular weight excluding hydrogens is 288 g/mol. The van der Waals surface area contributed by atoms with E-state index in [1.54, 1.807) is 12.1 Å². The maximum atomic E-state index is 12.3. The molecule has 1 aliphatic heterocycles. The Morgan fingerprint density at radius 1 is 1.37 bits per heavy atom. The Balaban J connectivity index is 2.24. The zero-order valence-electron chi connectivity index (χ0n) is 11.3. The minimum absolute atomic E-state index is 0.116. The van der Waals surface area contributed by atoms with Gasteiger partial charge in [-0.15, -0.1) is 4.83 Å². The Kier molecular flexibility index (Phi) is 4.20. The van der Waals surface area contributed by atoms with Gasteiger partial charge < -0.3 is 4.57 Å². The highest BCUT2D eigenvalue weighted by Crippen LogP contribution is 2.23. The zero-order valence-corrected chi connectivity index (χ0v) is 12.9. The van der Waals surface area contributed by atoms with Crippen LogP contribution in [-0.4, -0.2) is 35.1 Å². The molecule has 0 spiro atoms. The van der Waals surface area contributed by atoms with Crippen LogP contribution in [0.15, 0.2) is 11.4 Å². The summed E-state index contributed by atoms with van der Waals surface area (Å²) in [6, 6.07) is 0.335. The molecule has 0 amide bonds. The number of rotatable bonds is 3. The monoisotopic (exact) mass is 306 g/mol. The molecule has 1 fully saturated rings. The summed E-state index contributed by atoms with van der Waals surface area (Å²) in [5.41, 5.74) is 0. The van der Waals surface area contributed by atoms with Gasteiger partial charge in [-0.2, -0.15) is 0 Å². The molecule has 0 aromatic carbocycles. The van der Waals surface area contributed by atoms with Crippen LogP contribution in [0.3, 0.4) is 0 Å². The smallest absolute Gasteiger partial charge is 0.274 e. The number of nitrogens with one attached hydrogen (secondary N) is 1. The van der Waals surface area contributed by atoms with E-state index in [2.05, 4.69) is 9.82 Å². The third kappa shape index (κ3) is 2.94. The first-order chi connectivity index (χ1) is 8.83. The first-order valence-corrected chi connectivity index (χ1v) is 8.16. The molecular formula is C11H19ClN4O2S. The third-order valence-electron chi connectivity index (χ3n) is 3.51. The number of hydrazine groups is 1. The maximum Gasteiger partial charge on any atom is 0.274 e. The molecule has 0 bridgehead atoms. The van der Waals surface area contributed by atoms with Crippen molar-refractivity contribution in [3.8, 4) is 0 Å². The third-order valence-corrected chi connectivity index (χ3v) is 5.32. The molecule has 1 aromatic heterocycles. The topological polar surface area (TPSA) is 67.2 Å². The lowest BCUT2D eigenvalue weighted by Gasteiger charge is -2.38. The summed E-state index contributed by atoms with van der Waals surface area (Å²) in [7, 11) is -2.07. The van der Waals surface area contributed by atoms with Crippen LogP contribution in [0.5, 0.6) is 0 Å². The van der Waals surface area contributed by atoms with Crippen molar-refractivity contribution in [1.82, 2.24) is 19.4 Å². The van der Waals surface area contributed by atoms with E-state index in [-0.39, 0.29) is 22.3 Å². The van der Waals surface area contributed by atoms with Crippen LogP contribution in [0.2, 0.25) is 5.15 Å². The summed E-state index contributed by atoms with van der Waals surface area (Å²) in [5, 5.41) is 1.77. The molecule has 2 unspecified atom stereocenters. The summed E-state index contributed by atoms with van der Waals surface area (Å²) < 4.78 is 26.1. The zero-order chi connectivity index (χ0) is 14.2. The Bertz CT molecular complexity index is 547. The quantitative estimate of drug-likeness (QED) is 0.919. The van der Waals surface area contributed by atoms with Crippen LogP contribution in [-0.2, 0) is 17.1 Å². The van der Waals surface area contributed by atoms with Gasteiger partial charge in [0.15, 0.2) is 0 Å². The number of nitrogens with zero attached hydrogens (tertiary/aromatic N) is 3. The standard InChI is InChI=1S/C11H19ClN4O2S/c1-8-5-4-6-9(2)16(8)14-19(17,18)11-10(12)15(3)7-13-11/h7-9,14H,4-6H2,1-3H3. The summed E-state index contributed by atoms with van der Waals surface area (Å²) in [4.78, 5) is 6.47. The number of piperidine rings is 1. The summed E-state index contributed by atoms with van der Waals surface area (Å²) in [5.74, 6) is 0. The molecule has 2 heterocycles. The number of hydrogen-bond donors (Lipinski definition) is 1. The molecule has 1 aliphatic rings. The Morgan fingerprint density at radius 2 is 1.95 bits per heavy atom. The van der Waals surface area contributed by atoms with Gasteiger partial charge in [-0.25, -0.2) is 18.4 Å². The van der Waals surface area contributed by atoms with Crippen LogP contribution < -0.4 is 4.83 Å². The molecule has 0 radical (unpaired) electrons. The normalized spacial score (nSPS) is 25.7. The minimum Gasteiger partial charge on any atom is -0.324 e. The van der Waals surface area contributed by atoms with E-state index in [0.717, 1.165) is 19.3 Å². The van der Waals surface area contributed by atoms with Crippen molar-refractivity contribution < 1.29 is 8.42 Å². The van der Waals surface area contributed by atoms with Gasteiger partial charge >= 0.3 is 0 Å². The van der Waals surface area contributed by atoms with E-state index < -0.39 is 10.0 Å². The van der Waals surface area contributed by atoms with Crippen molar-refractivity contribution in [2.24, 2.45) is 7.05 Å².